The Morgan fingerprint density at radius 1 is 1.09 bits per heavy atom. The van der Waals surface area contributed by atoms with Crippen LogP contribution in [0.1, 0.15) is 21.5 Å². The number of carbonyl (C=O) groups is 1. The van der Waals surface area contributed by atoms with Gasteiger partial charge in [0.1, 0.15) is 10.7 Å². The Balaban J connectivity index is 2.46. The van der Waals surface area contributed by atoms with Gasteiger partial charge in [-0.15, -0.1) is 0 Å². The standard InChI is InChI=1S/C15H14FNO4S/c1-9-5-10(2)7-12(6-9)17-22(20,21)14-8-11(15(18)19)3-4-13(14)16/h3-8,17H,1-2H3,(H,18,19). The van der Waals surface area contributed by atoms with Gasteiger partial charge in [0.15, 0.2) is 0 Å². The van der Waals surface area contributed by atoms with E-state index in [0.29, 0.717) is 0 Å². The van der Waals surface area contributed by atoms with Crippen LogP contribution >= 0.6 is 0 Å². The van der Waals surface area contributed by atoms with E-state index in [1.807, 2.05) is 6.07 Å². The van der Waals surface area contributed by atoms with Gasteiger partial charge < -0.3 is 5.11 Å². The fourth-order valence-corrected chi connectivity index (χ4v) is 3.23. The highest BCUT2D eigenvalue weighted by molar-refractivity contribution is 7.92. The molecule has 2 N–H and O–H groups in total. The number of rotatable bonds is 4. The Morgan fingerprint density at radius 3 is 2.23 bits per heavy atom. The van der Waals surface area contributed by atoms with Crippen LogP contribution in [0, 0.1) is 19.7 Å². The van der Waals surface area contributed by atoms with Crippen molar-refractivity contribution in [3.63, 3.8) is 0 Å². The molecular weight excluding hydrogens is 309 g/mol. The molecule has 0 heterocycles. The number of halogens is 1. The number of aromatic carboxylic acids is 1. The minimum atomic E-state index is -4.22. The van der Waals surface area contributed by atoms with Crippen molar-refractivity contribution < 1.29 is 22.7 Å². The fraction of sp³-hybridized carbons (Fsp3) is 0.133. The second kappa shape index (κ2) is 5.76. The van der Waals surface area contributed by atoms with E-state index in [0.717, 1.165) is 29.3 Å². The monoisotopic (exact) mass is 323 g/mol. The van der Waals surface area contributed by atoms with E-state index in [4.69, 9.17) is 5.11 Å². The van der Waals surface area contributed by atoms with Gasteiger partial charge >= 0.3 is 5.97 Å². The Hall–Kier alpha value is -2.41. The molecule has 2 rings (SSSR count). The maximum absolute atomic E-state index is 13.8. The van der Waals surface area contributed by atoms with Crippen LogP contribution in [0.4, 0.5) is 10.1 Å². The van der Waals surface area contributed by atoms with Gasteiger partial charge in [0.25, 0.3) is 10.0 Å². The number of carboxylic acids is 1. The van der Waals surface area contributed by atoms with Crippen molar-refractivity contribution in [2.45, 2.75) is 18.7 Å². The highest BCUT2D eigenvalue weighted by atomic mass is 32.2. The van der Waals surface area contributed by atoms with Gasteiger partial charge in [0, 0.05) is 5.69 Å². The molecule has 2 aromatic rings. The molecule has 0 saturated carbocycles. The molecule has 0 bridgehead atoms. The molecule has 0 atom stereocenters. The topological polar surface area (TPSA) is 83.5 Å². The average molecular weight is 323 g/mol. The molecule has 0 amide bonds. The van der Waals surface area contributed by atoms with Crippen LogP contribution in [0.2, 0.25) is 0 Å². The first-order valence-corrected chi connectivity index (χ1v) is 7.81. The summed E-state index contributed by atoms with van der Waals surface area (Å²) in [6, 6.07) is 7.69. The third-order valence-electron chi connectivity index (χ3n) is 2.94. The molecule has 0 fully saturated rings. The number of sulfonamides is 1. The second-order valence-corrected chi connectivity index (χ2v) is 6.58. The number of hydrogen-bond donors (Lipinski definition) is 2. The van der Waals surface area contributed by atoms with E-state index < -0.39 is 26.7 Å². The molecule has 116 valence electrons. The van der Waals surface area contributed by atoms with Crippen LogP contribution in [-0.4, -0.2) is 19.5 Å². The van der Waals surface area contributed by atoms with Crippen LogP contribution in [0.15, 0.2) is 41.3 Å². The molecule has 2 aromatic carbocycles. The van der Waals surface area contributed by atoms with E-state index in [2.05, 4.69) is 4.72 Å². The van der Waals surface area contributed by atoms with E-state index in [9.17, 15) is 17.6 Å². The summed E-state index contributed by atoms with van der Waals surface area (Å²) >= 11 is 0. The fourth-order valence-electron chi connectivity index (χ4n) is 2.09. The number of hydrogen-bond acceptors (Lipinski definition) is 3. The summed E-state index contributed by atoms with van der Waals surface area (Å²) in [6.07, 6.45) is 0. The molecule has 7 heteroatoms. The van der Waals surface area contributed by atoms with Gasteiger partial charge in [0.05, 0.1) is 5.56 Å². The predicted molar refractivity (Wildman–Crippen MR) is 80.1 cm³/mol. The number of anilines is 1. The van der Waals surface area contributed by atoms with Crippen LogP contribution < -0.4 is 4.72 Å². The summed E-state index contributed by atoms with van der Waals surface area (Å²) in [5, 5.41) is 8.89. The van der Waals surface area contributed by atoms with Gasteiger partial charge in [0.2, 0.25) is 0 Å². The first-order chi connectivity index (χ1) is 10.2. The van der Waals surface area contributed by atoms with Crippen molar-refractivity contribution >= 4 is 21.7 Å². The zero-order chi connectivity index (χ0) is 16.5. The Morgan fingerprint density at radius 2 is 1.68 bits per heavy atom. The van der Waals surface area contributed by atoms with Crippen LogP contribution in [-0.2, 0) is 10.0 Å². The normalized spacial score (nSPS) is 11.2. The Bertz CT molecular complexity index is 826. The van der Waals surface area contributed by atoms with E-state index in [1.54, 1.807) is 26.0 Å². The first-order valence-electron chi connectivity index (χ1n) is 6.33. The molecule has 0 radical (unpaired) electrons. The maximum Gasteiger partial charge on any atom is 0.335 e. The number of benzene rings is 2. The van der Waals surface area contributed by atoms with Crippen LogP contribution in [0.3, 0.4) is 0 Å². The van der Waals surface area contributed by atoms with Crippen molar-refractivity contribution in [2.24, 2.45) is 0 Å². The number of aryl methyl sites for hydroxylation is 2. The SMILES string of the molecule is Cc1cc(C)cc(NS(=O)(=O)c2cc(C(=O)O)ccc2F)c1. The van der Waals surface area contributed by atoms with Gasteiger partial charge in [-0.05, 0) is 55.3 Å². The summed E-state index contributed by atoms with van der Waals surface area (Å²) in [5.74, 6) is -2.34. The van der Waals surface area contributed by atoms with Gasteiger partial charge in [-0.3, -0.25) is 4.72 Å². The summed E-state index contributed by atoms with van der Waals surface area (Å²) in [7, 11) is -4.22. The molecule has 0 aromatic heterocycles. The third kappa shape index (κ3) is 3.43. The van der Waals surface area contributed by atoms with Crippen LogP contribution in [0.5, 0.6) is 0 Å². The zero-order valence-electron chi connectivity index (χ0n) is 11.9. The summed E-state index contributed by atoms with van der Waals surface area (Å²) in [5.41, 5.74) is 1.68. The number of carboxylic acid groups (broad SMARTS) is 1. The lowest BCUT2D eigenvalue weighted by molar-refractivity contribution is 0.0696. The molecule has 0 spiro atoms. The smallest absolute Gasteiger partial charge is 0.335 e. The molecule has 22 heavy (non-hydrogen) atoms. The van der Waals surface area contributed by atoms with Crippen molar-refractivity contribution in [2.75, 3.05) is 4.72 Å². The van der Waals surface area contributed by atoms with Crippen molar-refractivity contribution in [1.29, 1.82) is 0 Å². The Kier molecular flexibility index (Phi) is 4.18. The minimum Gasteiger partial charge on any atom is -0.478 e. The largest absolute Gasteiger partial charge is 0.478 e. The highest BCUT2D eigenvalue weighted by Crippen LogP contribution is 2.22. The lowest BCUT2D eigenvalue weighted by Crippen LogP contribution is -2.15. The summed E-state index contributed by atoms with van der Waals surface area (Å²) in [6.45, 7) is 3.60. The summed E-state index contributed by atoms with van der Waals surface area (Å²) in [4.78, 5) is 10.2. The quantitative estimate of drug-likeness (QED) is 0.906. The maximum atomic E-state index is 13.8. The van der Waals surface area contributed by atoms with E-state index >= 15 is 0 Å². The lowest BCUT2D eigenvalue weighted by atomic mass is 10.1. The molecule has 0 aliphatic heterocycles. The second-order valence-electron chi connectivity index (χ2n) is 4.93. The summed E-state index contributed by atoms with van der Waals surface area (Å²) < 4.78 is 40.6. The van der Waals surface area contributed by atoms with Crippen LogP contribution in [0.25, 0.3) is 0 Å². The van der Waals surface area contributed by atoms with Crippen molar-refractivity contribution in [3.05, 3.63) is 58.9 Å². The zero-order valence-corrected chi connectivity index (χ0v) is 12.7. The molecular formula is C15H14FNO4S. The molecule has 0 unspecified atom stereocenters. The molecule has 5 nitrogen and oxygen atoms in total. The molecule has 0 saturated heterocycles. The minimum absolute atomic E-state index is 0.289. The van der Waals surface area contributed by atoms with Gasteiger partial charge in [-0.1, -0.05) is 6.07 Å². The van der Waals surface area contributed by atoms with E-state index in [-0.39, 0.29) is 11.3 Å². The van der Waals surface area contributed by atoms with E-state index in [1.165, 1.54) is 0 Å². The Labute approximate surface area is 127 Å². The predicted octanol–water partition coefficient (Wildman–Crippen LogP) is 2.94. The van der Waals surface area contributed by atoms with Gasteiger partial charge in [-0.25, -0.2) is 17.6 Å². The van der Waals surface area contributed by atoms with Crippen molar-refractivity contribution in [3.8, 4) is 0 Å². The van der Waals surface area contributed by atoms with Crippen molar-refractivity contribution in [1.82, 2.24) is 0 Å². The molecule has 0 aliphatic rings. The lowest BCUT2D eigenvalue weighted by Gasteiger charge is -2.11. The molecule has 0 aliphatic carbocycles. The third-order valence-corrected chi connectivity index (χ3v) is 4.34. The number of nitrogens with one attached hydrogen (secondary N) is 1. The highest BCUT2D eigenvalue weighted by Gasteiger charge is 2.21. The van der Waals surface area contributed by atoms with Gasteiger partial charge in [-0.2, -0.15) is 0 Å². The first kappa shape index (κ1) is 16.0. The average Bonchev–Trinajstić information content (AvgIpc) is 2.36.